The summed E-state index contributed by atoms with van der Waals surface area (Å²) >= 11 is 3.66. The summed E-state index contributed by atoms with van der Waals surface area (Å²) in [6, 6.07) is 10.3. The molecule has 1 aromatic heterocycles. The van der Waals surface area contributed by atoms with Crippen LogP contribution in [-0.2, 0) is 6.42 Å². The summed E-state index contributed by atoms with van der Waals surface area (Å²) in [5, 5.41) is 3.19. The number of hydrogen-bond donors (Lipinski definition) is 1. The molecule has 0 unspecified atom stereocenters. The predicted molar refractivity (Wildman–Crippen MR) is 96.6 cm³/mol. The van der Waals surface area contributed by atoms with Crippen molar-refractivity contribution in [2.24, 2.45) is 10.7 Å². The van der Waals surface area contributed by atoms with Crippen molar-refractivity contribution < 1.29 is 0 Å². The van der Waals surface area contributed by atoms with Crippen molar-refractivity contribution in [3.63, 3.8) is 0 Å². The summed E-state index contributed by atoms with van der Waals surface area (Å²) < 4.78 is 0. The fourth-order valence-electron chi connectivity index (χ4n) is 2.31. The largest absolute Gasteiger partial charge is 0.370 e. The Balaban J connectivity index is 1.55. The molecular formula is C16H20N4S2. The van der Waals surface area contributed by atoms with E-state index < -0.39 is 0 Å². The molecule has 0 amide bonds. The zero-order valence-electron chi connectivity index (χ0n) is 12.4. The molecule has 1 saturated heterocycles. The lowest BCUT2D eigenvalue weighted by molar-refractivity contribution is 0.456. The maximum Gasteiger partial charge on any atom is 0.191 e. The van der Waals surface area contributed by atoms with Gasteiger partial charge in [0.25, 0.3) is 0 Å². The molecule has 22 heavy (non-hydrogen) atoms. The first-order valence-corrected chi connectivity index (χ1v) is 9.49. The van der Waals surface area contributed by atoms with Gasteiger partial charge in [0.2, 0.25) is 0 Å². The van der Waals surface area contributed by atoms with Crippen LogP contribution < -0.4 is 5.73 Å². The van der Waals surface area contributed by atoms with Crippen LogP contribution in [0.25, 0.3) is 10.6 Å². The van der Waals surface area contributed by atoms with Gasteiger partial charge >= 0.3 is 0 Å². The van der Waals surface area contributed by atoms with Gasteiger partial charge < -0.3 is 10.6 Å². The first-order valence-electron chi connectivity index (χ1n) is 7.45. The van der Waals surface area contributed by atoms with E-state index >= 15 is 0 Å². The third-order valence-corrected chi connectivity index (χ3v) is 5.43. The van der Waals surface area contributed by atoms with Gasteiger partial charge in [-0.3, -0.25) is 4.99 Å². The Labute approximate surface area is 139 Å². The second kappa shape index (κ2) is 7.65. The van der Waals surface area contributed by atoms with Gasteiger partial charge in [0, 0.05) is 48.5 Å². The van der Waals surface area contributed by atoms with Crippen molar-refractivity contribution in [2.45, 2.75) is 6.42 Å². The second-order valence-corrected chi connectivity index (χ2v) is 7.18. The van der Waals surface area contributed by atoms with Crippen LogP contribution in [0.4, 0.5) is 0 Å². The summed E-state index contributed by atoms with van der Waals surface area (Å²) in [6.45, 7) is 2.72. The molecule has 4 nitrogen and oxygen atoms in total. The number of rotatable bonds is 4. The highest BCUT2D eigenvalue weighted by Crippen LogP contribution is 2.23. The maximum absolute atomic E-state index is 6.06. The summed E-state index contributed by atoms with van der Waals surface area (Å²) in [5.41, 5.74) is 8.32. The Bertz CT molecular complexity index is 618. The minimum Gasteiger partial charge on any atom is -0.370 e. The number of benzene rings is 1. The van der Waals surface area contributed by atoms with Crippen molar-refractivity contribution in [1.29, 1.82) is 0 Å². The molecule has 0 aliphatic carbocycles. The highest BCUT2D eigenvalue weighted by atomic mass is 32.2. The molecule has 1 aromatic carbocycles. The van der Waals surface area contributed by atoms with Crippen LogP contribution in [0, 0.1) is 0 Å². The van der Waals surface area contributed by atoms with Crippen molar-refractivity contribution in [1.82, 2.24) is 9.88 Å². The minimum absolute atomic E-state index is 0.679. The highest BCUT2D eigenvalue weighted by Gasteiger charge is 2.12. The molecule has 1 aliphatic rings. The summed E-state index contributed by atoms with van der Waals surface area (Å²) in [4.78, 5) is 11.4. The van der Waals surface area contributed by atoms with Crippen LogP contribution in [0.2, 0.25) is 0 Å². The maximum atomic E-state index is 6.06. The zero-order chi connectivity index (χ0) is 15.2. The number of nitrogens with zero attached hydrogens (tertiary/aromatic N) is 3. The molecule has 6 heteroatoms. The van der Waals surface area contributed by atoms with Crippen LogP contribution >= 0.6 is 23.1 Å². The summed E-state index contributed by atoms with van der Waals surface area (Å²) in [5.74, 6) is 2.96. The van der Waals surface area contributed by atoms with Crippen molar-refractivity contribution in [3.05, 3.63) is 41.4 Å². The fourth-order valence-corrected chi connectivity index (χ4v) is 4.08. The lowest BCUT2D eigenvalue weighted by Crippen LogP contribution is -2.42. The first kappa shape index (κ1) is 15.4. The molecule has 1 aliphatic heterocycles. The quantitative estimate of drug-likeness (QED) is 0.691. The van der Waals surface area contributed by atoms with Gasteiger partial charge in [-0.15, -0.1) is 11.3 Å². The summed E-state index contributed by atoms with van der Waals surface area (Å²) in [7, 11) is 0. The third kappa shape index (κ3) is 4.01. The van der Waals surface area contributed by atoms with Crippen LogP contribution in [0.15, 0.2) is 40.7 Å². The van der Waals surface area contributed by atoms with Gasteiger partial charge in [0.15, 0.2) is 5.96 Å². The number of nitrogens with two attached hydrogens (primary N) is 1. The minimum atomic E-state index is 0.679. The molecule has 0 atom stereocenters. The standard InChI is InChI=1S/C16H20N4S2/c17-16(20-8-10-21-11-9-20)18-7-6-14-12-22-15(19-14)13-4-2-1-3-5-13/h1-5,12H,6-11H2,(H2,17,18). The number of aliphatic imine (C=N–C) groups is 1. The predicted octanol–water partition coefficient (Wildman–Crippen LogP) is 2.72. The van der Waals surface area contributed by atoms with Gasteiger partial charge in [-0.05, 0) is 0 Å². The molecule has 0 saturated carbocycles. The lowest BCUT2D eigenvalue weighted by atomic mass is 10.2. The number of hydrogen-bond acceptors (Lipinski definition) is 4. The Morgan fingerprint density at radius 2 is 2.00 bits per heavy atom. The molecule has 1 fully saturated rings. The van der Waals surface area contributed by atoms with E-state index in [9.17, 15) is 0 Å². The van der Waals surface area contributed by atoms with Crippen LogP contribution in [0.5, 0.6) is 0 Å². The van der Waals surface area contributed by atoms with Crippen molar-refractivity contribution in [3.8, 4) is 10.6 Å². The number of guanidine groups is 1. The monoisotopic (exact) mass is 332 g/mol. The van der Waals surface area contributed by atoms with Gasteiger partial charge in [-0.2, -0.15) is 11.8 Å². The normalized spacial score (nSPS) is 16.0. The van der Waals surface area contributed by atoms with E-state index in [2.05, 4.69) is 32.4 Å². The van der Waals surface area contributed by atoms with Gasteiger partial charge in [0.05, 0.1) is 5.69 Å². The Morgan fingerprint density at radius 3 is 2.77 bits per heavy atom. The first-order chi connectivity index (χ1) is 10.8. The molecule has 0 bridgehead atoms. The summed E-state index contributed by atoms with van der Waals surface area (Å²) in [6.07, 6.45) is 0.840. The topological polar surface area (TPSA) is 54.5 Å². The Hall–Kier alpha value is -1.53. The molecule has 2 aromatic rings. The molecule has 116 valence electrons. The average molecular weight is 332 g/mol. The molecule has 0 spiro atoms. The van der Waals surface area contributed by atoms with Crippen LogP contribution in [-0.4, -0.2) is 47.0 Å². The smallest absolute Gasteiger partial charge is 0.191 e. The molecule has 2 N–H and O–H groups in total. The molecule has 0 radical (unpaired) electrons. The number of aromatic nitrogens is 1. The van der Waals surface area contributed by atoms with Crippen molar-refractivity contribution >= 4 is 29.1 Å². The SMILES string of the molecule is NC(=NCCc1csc(-c2ccccc2)n1)N1CCSCC1. The van der Waals surface area contributed by atoms with E-state index in [4.69, 9.17) is 5.73 Å². The fraction of sp³-hybridized carbons (Fsp3) is 0.375. The second-order valence-electron chi connectivity index (χ2n) is 5.10. The van der Waals surface area contributed by atoms with E-state index in [1.54, 1.807) is 11.3 Å². The third-order valence-electron chi connectivity index (χ3n) is 3.55. The highest BCUT2D eigenvalue weighted by molar-refractivity contribution is 7.99. The van der Waals surface area contributed by atoms with E-state index in [-0.39, 0.29) is 0 Å². The number of thioether (sulfide) groups is 1. The number of thiazole rings is 1. The van der Waals surface area contributed by atoms with Gasteiger partial charge in [-0.25, -0.2) is 4.98 Å². The van der Waals surface area contributed by atoms with E-state index in [1.165, 1.54) is 5.56 Å². The van der Waals surface area contributed by atoms with Crippen LogP contribution in [0.3, 0.4) is 0 Å². The van der Waals surface area contributed by atoms with E-state index in [1.807, 2.05) is 30.0 Å². The molecular weight excluding hydrogens is 312 g/mol. The molecule has 3 rings (SSSR count). The van der Waals surface area contributed by atoms with Gasteiger partial charge in [-0.1, -0.05) is 30.3 Å². The van der Waals surface area contributed by atoms with Gasteiger partial charge in [0.1, 0.15) is 5.01 Å². The Kier molecular flexibility index (Phi) is 5.34. The lowest BCUT2D eigenvalue weighted by Gasteiger charge is -2.27. The average Bonchev–Trinajstić information content (AvgIpc) is 3.05. The zero-order valence-corrected chi connectivity index (χ0v) is 14.1. The Morgan fingerprint density at radius 1 is 1.23 bits per heavy atom. The van der Waals surface area contributed by atoms with E-state index in [0.29, 0.717) is 12.5 Å². The molecule has 2 heterocycles. The van der Waals surface area contributed by atoms with E-state index in [0.717, 1.165) is 41.7 Å². The van der Waals surface area contributed by atoms with Crippen LogP contribution in [0.1, 0.15) is 5.69 Å². The van der Waals surface area contributed by atoms with Crippen molar-refractivity contribution in [2.75, 3.05) is 31.1 Å².